The minimum absolute atomic E-state index is 0.105. The minimum Gasteiger partial charge on any atom is -0.273 e. The van der Waals surface area contributed by atoms with Crippen LogP contribution in [0, 0.1) is 13.8 Å². The number of carbonyl (C=O) groups is 1. The summed E-state index contributed by atoms with van der Waals surface area (Å²) in [6, 6.07) is 14.4. The normalized spacial score (nSPS) is 12.2. The van der Waals surface area contributed by atoms with Gasteiger partial charge in [-0.05, 0) is 60.1 Å². The summed E-state index contributed by atoms with van der Waals surface area (Å²) < 4.78 is 0. The number of hydrogen-bond acceptors (Lipinski definition) is 2. The average molecular weight is 336 g/mol. The number of benzene rings is 2. The fourth-order valence-corrected chi connectivity index (χ4v) is 2.52. The molecule has 0 atom stereocenters. The Hall–Kier alpha value is -2.42. The standard InChI is InChI=1S/C22H28N2O/c1-15-7-10-19(13-16(15)2)17(3)23-24-21(25)14-18-8-11-20(12-9-18)22(4,5)6/h7-13H,14H2,1-6H3,(H,24,25)/b23-17-. The second kappa shape index (κ2) is 7.64. The Labute approximate surface area is 151 Å². The second-order valence-electron chi connectivity index (χ2n) is 7.65. The van der Waals surface area contributed by atoms with Crippen LogP contribution >= 0.6 is 0 Å². The molecule has 0 aliphatic carbocycles. The van der Waals surface area contributed by atoms with Gasteiger partial charge in [0.15, 0.2) is 0 Å². The molecule has 2 aromatic rings. The summed E-state index contributed by atoms with van der Waals surface area (Å²) in [6.45, 7) is 12.6. The molecule has 0 aliphatic rings. The van der Waals surface area contributed by atoms with E-state index in [-0.39, 0.29) is 11.3 Å². The lowest BCUT2D eigenvalue weighted by Gasteiger charge is -2.19. The zero-order valence-electron chi connectivity index (χ0n) is 16.1. The molecule has 132 valence electrons. The number of carbonyl (C=O) groups excluding carboxylic acids is 1. The van der Waals surface area contributed by atoms with Gasteiger partial charge in [-0.1, -0.05) is 57.2 Å². The first kappa shape index (κ1) is 18.9. The molecule has 0 bridgehead atoms. The van der Waals surface area contributed by atoms with E-state index in [4.69, 9.17) is 0 Å². The van der Waals surface area contributed by atoms with E-state index >= 15 is 0 Å². The number of nitrogens with one attached hydrogen (secondary N) is 1. The third kappa shape index (κ3) is 5.28. The number of hydrogen-bond donors (Lipinski definition) is 1. The first-order valence-corrected chi connectivity index (χ1v) is 8.67. The van der Waals surface area contributed by atoms with Crippen molar-refractivity contribution >= 4 is 11.6 Å². The molecule has 0 saturated carbocycles. The molecule has 0 aromatic heterocycles. The topological polar surface area (TPSA) is 41.5 Å². The monoisotopic (exact) mass is 336 g/mol. The van der Waals surface area contributed by atoms with Gasteiger partial charge in [0.1, 0.15) is 0 Å². The Balaban J connectivity index is 1.98. The molecule has 0 unspecified atom stereocenters. The highest BCUT2D eigenvalue weighted by Gasteiger charge is 2.13. The minimum atomic E-state index is -0.105. The van der Waals surface area contributed by atoms with Crippen LogP contribution in [-0.2, 0) is 16.6 Å². The molecule has 2 rings (SSSR count). The zero-order valence-corrected chi connectivity index (χ0v) is 16.1. The van der Waals surface area contributed by atoms with Crippen molar-refractivity contribution in [3.05, 3.63) is 70.3 Å². The number of amides is 1. The third-order valence-corrected chi connectivity index (χ3v) is 4.46. The van der Waals surface area contributed by atoms with E-state index < -0.39 is 0 Å². The number of nitrogens with zero attached hydrogens (tertiary/aromatic N) is 1. The molecule has 0 fully saturated rings. The number of hydrazone groups is 1. The molecule has 0 radical (unpaired) electrons. The molecule has 25 heavy (non-hydrogen) atoms. The summed E-state index contributed by atoms with van der Waals surface area (Å²) in [6.07, 6.45) is 0.328. The van der Waals surface area contributed by atoms with Crippen molar-refractivity contribution in [2.24, 2.45) is 5.10 Å². The number of aryl methyl sites for hydroxylation is 2. The van der Waals surface area contributed by atoms with Gasteiger partial charge in [-0.2, -0.15) is 5.10 Å². The van der Waals surface area contributed by atoms with E-state index in [1.54, 1.807) is 0 Å². The van der Waals surface area contributed by atoms with Gasteiger partial charge in [-0.15, -0.1) is 0 Å². The van der Waals surface area contributed by atoms with E-state index in [0.29, 0.717) is 6.42 Å². The third-order valence-electron chi connectivity index (χ3n) is 4.46. The molecular weight excluding hydrogens is 308 g/mol. The maximum atomic E-state index is 12.1. The molecule has 1 N–H and O–H groups in total. The van der Waals surface area contributed by atoms with E-state index in [0.717, 1.165) is 16.8 Å². The average Bonchev–Trinajstić information content (AvgIpc) is 2.55. The van der Waals surface area contributed by atoms with Crippen LogP contribution in [0.5, 0.6) is 0 Å². The Morgan fingerprint density at radius 1 is 1.00 bits per heavy atom. The molecule has 1 amide bonds. The smallest absolute Gasteiger partial charge is 0.244 e. The fourth-order valence-electron chi connectivity index (χ4n) is 2.52. The van der Waals surface area contributed by atoms with Gasteiger partial charge in [-0.25, -0.2) is 5.43 Å². The lowest BCUT2D eigenvalue weighted by Crippen LogP contribution is -2.21. The van der Waals surface area contributed by atoms with E-state index in [1.807, 2.05) is 25.1 Å². The largest absolute Gasteiger partial charge is 0.273 e. The van der Waals surface area contributed by atoms with Gasteiger partial charge in [0, 0.05) is 0 Å². The van der Waals surface area contributed by atoms with Crippen molar-refractivity contribution in [2.75, 3.05) is 0 Å². The van der Waals surface area contributed by atoms with Gasteiger partial charge >= 0.3 is 0 Å². The first-order chi connectivity index (χ1) is 11.7. The van der Waals surface area contributed by atoms with Gasteiger partial charge in [0.2, 0.25) is 5.91 Å². The van der Waals surface area contributed by atoms with Crippen LogP contribution in [0.1, 0.15) is 55.5 Å². The summed E-state index contributed by atoms with van der Waals surface area (Å²) in [7, 11) is 0. The maximum absolute atomic E-state index is 12.1. The number of rotatable bonds is 4. The van der Waals surface area contributed by atoms with Gasteiger partial charge < -0.3 is 0 Å². The van der Waals surface area contributed by atoms with E-state index in [2.05, 4.69) is 69.4 Å². The molecule has 0 saturated heterocycles. The van der Waals surface area contributed by atoms with Crippen LogP contribution in [0.2, 0.25) is 0 Å². The van der Waals surface area contributed by atoms with Crippen LogP contribution in [0.4, 0.5) is 0 Å². The maximum Gasteiger partial charge on any atom is 0.244 e. The van der Waals surface area contributed by atoms with Gasteiger partial charge in [0.25, 0.3) is 0 Å². The summed E-state index contributed by atoms with van der Waals surface area (Å²) in [5.41, 5.74) is 9.33. The van der Waals surface area contributed by atoms with Crippen LogP contribution in [0.15, 0.2) is 47.6 Å². The molecule has 0 spiro atoms. The Kier molecular flexibility index (Phi) is 5.78. The summed E-state index contributed by atoms with van der Waals surface area (Å²) in [5.74, 6) is -0.105. The van der Waals surface area contributed by atoms with Crippen LogP contribution in [0.3, 0.4) is 0 Å². The lowest BCUT2D eigenvalue weighted by atomic mass is 9.86. The molecule has 0 aliphatic heterocycles. The predicted molar refractivity (Wildman–Crippen MR) is 105 cm³/mol. The quantitative estimate of drug-likeness (QED) is 0.639. The zero-order chi connectivity index (χ0) is 18.6. The van der Waals surface area contributed by atoms with Crippen LogP contribution in [0.25, 0.3) is 0 Å². The molecule has 0 heterocycles. The summed E-state index contributed by atoms with van der Waals surface area (Å²) in [4.78, 5) is 12.1. The van der Waals surface area contributed by atoms with Gasteiger partial charge in [0.05, 0.1) is 12.1 Å². The predicted octanol–water partition coefficient (Wildman–Crippen LogP) is 4.68. The fraction of sp³-hybridized carbons (Fsp3) is 0.364. The molecule has 2 aromatic carbocycles. The van der Waals surface area contributed by atoms with Crippen molar-refractivity contribution in [3.8, 4) is 0 Å². The molecular formula is C22H28N2O. The van der Waals surface area contributed by atoms with E-state index in [1.165, 1.54) is 16.7 Å². The summed E-state index contributed by atoms with van der Waals surface area (Å²) >= 11 is 0. The van der Waals surface area contributed by atoms with Crippen molar-refractivity contribution in [3.63, 3.8) is 0 Å². The highest BCUT2D eigenvalue weighted by atomic mass is 16.2. The highest BCUT2D eigenvalue weighted by Crippen LogP contribution is 2.22. The Morgan fingerprint density at radius 2 is 1.64 bits per heavy atom. The summed E-state index contributed by atoms with van der Waals surface area (Å²) in [5, 5.41) is 4.24. The Morgan fingerprint density at radius 3 is 2.20 bits per heavy atom. The SMILES string of the molecule is C/C(=N/NC(=O)Cc1ccc(C(C)(C)C)cc1)c1ccc(C)c(C)c1. The molecule has 3 heteroatoms. The van der Waals surface area contributed by atoms with Crippen LogP contribution < -0.4 is 5.43 Å². The van der Waals surface area contributed by atoms with Crippen molar-refractivity contribution in [1.29, 1.82) is 0 Å². The van der Waals surface area contributed by atoms with Gasteiger partial charge in [-0.3, -0.25) is 4.79 Å². The Bertz CT molecular complexity index is 781. The first-order valence-electron chi connectivity index (χ1n) is 8.67. The lowest BCUT2D eigenvalue weighted by molar-refractivity contribution is -0.120. The van der Waals surface area contributed by atoms with Crippen molar-refractivity contribution in [2.45, 2.75) is 53.4 Å². The molecule has 3 nitrogen and oxygen atoms in total. The van der Waals surface area contributed by atoms with Crippen molar-refractivity contribution in [1.82, 2.24) is 5.43 Å². The van der Waals surface area contributed by atoms with Crippen LogP contribution in [-0.4, -0.2) is 11.6 Å². The van der Waals surface area contributed by atoms with Crippen molar-refractivity contribution < 1.29 is 4.79 Å². The second-order valence-corrected chi connectivity index (χ2v) is 7.65. The van der Waals surface area contributed by atoms with E-state index in [9.17, 15) is 4.79 Å². The highest BCUT2D eigenvalue weighted by molar-refractivity contribution is 5.99.